The molecule has 14 heavy (non-hydrogen) atoms. The number of hydrogen-bond donors (Lipinski definition) is 1. The lowest BCUT2D eigenvalue weighted by Gasteiger charge is -2.59. The number of ether oxygens (including phenoxy) is 2. The van der Waals surface area contributed by atoms with Crippen molar-refractivity contribution in [2.75, 3.05) is 19.8 Å². The zero-order valence-corrected chi connectivity index (χ0v) is 9.67. The summed E-state index contributed by atoms with van der Waals surface area (Å²) in [4.78, 5) is 0. The fourth-order valence-electron chi connectivity index (χ4n) is 2.60. The maximum atomic E-state index is 9.25. The van der Waals surface area contributed by atoms with Crippen molar-refractivity contribution in [3.05, 3.63) is 0 Å². The van der Waals surface area contributed by atoms with Crippen molar-refractivity contribution in [3.8, 4) is 0 Å². The molecule has 3 heteroatoms. The van der Waals surface area contributed by atoms with Gasteiger partial charge in [0.15, 0.2) is 5.79 Å². The third-order valence-electron chi connectivity index (χ3n) is 3.18. The van der Waals surface area contributed by atoms with E-state index in [-0.39, 0.29) is 17.9 Å². The van der Waals surface area contributed by atoms with E-state index in [1.165, 1.54) is 0 Å². The summed E-state index contributed by atoms with van der Waals surface area (Å²) in [6.07, 6.45) is 0.962. The summed E-state index contributed by atoms with van der Waals surface area (Å²) in [5, 5.41) is 9.25. The molecule has 1 aliphatic carbocycles. The standard InChI is InChI=1S/C11H22O3/c1-5-13-11(14-6-2)9(8-12)7-10(11,3)4/h9,12H,5-8H2,1-4H3/t9-/m1/s1. The Morgan fingerprint density at radius 3 is 2.00 bits per heavy atom. The minimum absolute atomic E-state index is 0.00637. The second-order valence-electron chi connectivity index (χ2n) is 4.50. The summed E-state index contributed by atoms with van der Waals surface area (Å²) in [6.45, 7) is 9.57. The van der Waals surface area contributed by atoms with E-state index in [0.29, 0.717) is 13.2 Å². The van der Waals surface area contributed by atoms with Crippen LogP contribution >= 0.6 is 0 Å². The van der Waals surface area contributed by atoms with Crippen LogP contribution in [0.1, 0.15) is 34.1 Å². The van der Waals surface area contributed by atoms with Crippen molar-refractivity contribution < 1.29 is 14.6 Å². The lowest BCUT2D eigenvalue weighted by molar-refractivity contribution is -0.376. The van der Waals surface area contributed by atoms with E-state index in [0.717, 1.165) is 6.42 Å². The van der Waals surface area contributed by atoms with Crippen LogP contribution in [0.25, 0.3) is 0 Å². The first-order valence-electron chi connectivity index (χ1n) is 5.42. The molecule has 0 amide bonds. The summed E-state index contributed by atoms with van der Waals surface area (Å²) >= 11 is 0. The smallest absolute Gasteiger partial charge is 0.178 e. The lowest BCUT2D eigenvalue weighted by atomic mass is 9.58. The van der Waals surface area contributed by atoms with Gasteiger partial charge >= 0.3 is 0 Å². The molecule has 0 aromatic heterocycles. The Bertz CT molecular complexity index is 183. The first-order valence-corrected chi connectivity index (χ1v) is 5.42. The van der Waals surface area contributed by atoms with Crippen molar-refractivity contribution in [3.63, 3.8) is 0 Å². The maximum absolute atomic E-state index is 9.25. The highest BCUT2D eigenvalue weighted by molar-refractivity contribution is 5.04. The Morgan fingerprint density at radius 1 is 1.21 bits per heavy atom. The zero-order chi connectivity index (χ0) is 10.8. The molecular weight excluding hydrogens is 180 g/mol. The Morgan fingerprint density at radius 2 is 1.71 bits per heavy atom. The van der Waals surface area contributed by atoms with E-state index in [9.17, 15) is 5.11 Å². The van der Waals surface area contributed by atoms with Crippen molar-refractivity contribution in [2.24, 2.45) is 11.3 Å². The van der Waals surface area contributed by atoms with Crippen LogP contribution in [0.3, 0.4) is 0 Å². The van der Waals surface area contributed by atoms with Gasteiger partial charge in [-0.05, 0) is 20.3 Å². The molecular formula is C11H22O3. The molecule has 1 rings (SSSR count). The monoisotopic (exact) mass is 202 g/mol. The topological polar surface area (TPSA) is 38.7 Å². The fourth-order valence-corrected chi connectivity index (χ4v) is 2.60. The number of hydrogen-bond acceptors (Lipinski definition) is 3. The minimum Gasteiger partial charge on any atom is -0.396 e. The van der Waals surface area contributed by atoms with Gasteiger partial charge in [-0.15, -0.1) is 0 Å². The van der Waals surface area contributed by atoms with E-state index in [1.54, 1.807) is 0 Å². The van der Waals surface area contributed by atoms with Crippen LogP contribution in [-0.4, -0.2) is 30.7 Å². The minimum atomic E-state index is -0.564. The average Bonchev–Trinajstić information content (AvgIpc) is 2.14. The summed E-state index contributed by atoms with van der Waals surface area (Å²) < 4.78 is 11.5. The quantitative estimate of drug-likeness (QED) is 0.691. The van der Waals surface area contributed by atoms with Crippen LogP contribution in [0.4, 0.5) is 0 Å². The third-order valence-corrected chi connectivity index (χ3v) is 3.18. The normalized spacial score (nSPS) is 28.5. The maximum Gasteiger partial charge on any atom is 0.178 e. The van der Waals surface area contributed by atoms with E-state index in [1.807, 2.05) is 13.8 Å². The highest BCUT2D eigenvalue weighted by atomic mass is 16.7. The molecule has 0 aromatic carbocycles. The lowest BCUT2D eigenvalue weighted by Crippen LogP contribution is -2.65. The van der Waals surface area contributed by atoms with E-state index in [2.05, 4.69) is 13.8 Å². The SMILES string of the molecule is CCOC1(OCC)[C@@H](CO)CC1(C)C. The molecule has 0 spiro atoms. The summed E-state index contributed by atoms with van der Waals surface area (Å²) in [5.41, 5.74) is 0.00637. The van der Waals surface area contributed by atoms with Crippen LogP contribution in [-0.2, 0) is 9.47 Å². The molecule has 0 heterocycles. The molecule has 0 aromatic rings. The Balaban J connectivity index is 2.79. The van der Waals surface area contributed by atoms with Gasteiger partial charge in [-0.1, -0.05) is 13.8 Å². The molecule has 84 valence electrons. The molecule has 1 aliphatic rings. The Kier molecular flexibility index (Phi) is 3.56. The van der Waals surface area contributed by atoms with Crippen molar-refractivity contribution in [1.29, 1.82) is 0 Å². The van der Waals surface area contributed by atoms with E-state index in [4.69, 9.17) is 9.47 Å². The van der Waals surface area contributed by atoms with Crippen molar-refractivity contribution in [2.45, 2.75) is 39.9 Å². The number of rotatable bonds is 5. The average molecular weight is 202 g/mol. The van der Waals surface area contributed by atoms with Crippen molar-refractivity contribution in [1.82, 2.24) is 0 Å². The van der Waals surface area contributed by atoms with Crippen LogP contribution in [0.5, 0.6) is 0 Å². The molecule has 0 radical (unpaired) electrons. The predicted molar refractivity (Wildman–Crippen MR) is 55.0 cm³/mol. The molecule has 0 unspecified atom stereocenters. The second-order valence-corrected chi connectivity index (χ2v) is 4.50. The van der Waals surface area contributed by atoms with Gasteiger partial charge < -0.3 is 14.6 Å². The van der Waals surface area contributed by atoms with Crippen LogP contribution in [0, 0.1) is 11.3 Å². The van der Waals surface area contributed by atoms with Gasteiger partial charge in [-0.3, -0.25) is 0 Å². The number of aliphatic hydroxyl groups is 1. The largest absolute Gasteiger partial charge is 0.396 e. The van der Waals surface area contributed by atoms with Gasteiger partial charge in [0.2, 0.25) is 0 Å². The predicted octanol–water partition coefficient (Wildman–Crippen LogP) is 1.79. The Hall–Kier alpha value is -0.120. The van der Waals surface area contributed by atoms with Crippen LogP contribution < -0.4 is 0 Å². The Labute approximate surface area is 86.4 Å². The molecule has 0 bridgehead atoms. The van der Waals surface area contributed by atoms with Crippen LogP contribution in [0.15, 0.2) is 0 Å². The molecule has 0 saturated heterocycles. The summed E-state index contributed by atoms with van der Waals surface area (Å²) in [5.74, 6) is -0.442. The molecule has 1 atom stereocenters. The molecule has 1 saturated carbocycles. The highest BCUT2D eigenvalue weighted by Crippen LogP contribution is 2.56. The molecule has 0 aliphatic heterocycles. The number of aliphatic hydroxyl groups excluding tert-OH is 1. The van der Waals surface area contributed by atoms with Gasteiger partial charge in [-0.2, -0.15) is 0 Å². The van der Waals surface area contributed by atoms with Gasteiger partial charge in [0.05, 0.1) is 6.61 Å². The van der Waals surface area contributed by atoms with Gasteiger partial charge in [0.25, 0.3) is 0 Å². The van der Waals surface area contributed by atoms with E-state index < -0.39 is 5.79 Å². The first-order chi connectivity index (χ1) is 6.54. The third kappa shape index (κ3) is 1.58. The van der Waals surface area contributed by atoms with Gasteiger partial charge in [0.1, 0.15) is 0 Å². The summed E-state index contributed by atoms with van der Waals surface area (Å²) in [6, 6.07) is 0. The van der Waals surface area contributed by atoms with Crippen molar-refractivity contribution >= 4 is 0 Å². The molecule has 3 nitrogen and oxygen atoms in total. The van der Waals surface area contributed by atoms with Gasteiger partial charge in [-0.25, -0.2) is 0 Å². The van der Waals surface area contributed by atoms with E-state index >= 15 is 0 Å². The highest BCUT2D eigenvalue weighted by Gasteiger charge is 2.62. The van der Waals surface area contributed by atoms with Gasteiger partial charge in [0, 0.05) is 24.5 Å². The fraction of sp³-hybridized carbons (Fsp3) is 1.00. The zero-order valence-electron chi connectivity index (χ0n) is 9.67. The van der Waals surface area contributed by atoms with Crippen LogP contribution in [0.2, 0.25) is 0 Å². The second kappa shape index (κ2) is 4.17. The first kappa shape index (κ1) is 12.0. The molecule has 1 fully saturated rings. The summed E-state index contributed by atoms with van der Waals surface area (Å²) in [7, 11) is 0. The molecule has 1 N–H and O–H groups in total.